The summed E-state index contributed by atoms with van der Waals surface area (Å²) in [4.78, 5) is 2.43. The van der Waals surface area contributed by atoms with Crippen molar-refractivity contribution in [3.63, 3.8) is 0 Å². The van der Waals surface area contributed by atoms with E-state index < -0.39 is 0 Å². The van der Waals surface area contributed by atoms with Crippen molar-refractivity contribution >= 4 is 53.5 Å². The second-order valence-electron chi connectivity index (χ2n) is 4.97. The molecule has 0 aliphatic carbocycles. The fraction of sp³-hybridized carbons (Fsp3) is 0.538. The Kier molecular flexibility index (Phi) is 5.14. The van der Waals surface area contributed by atoms with Crippen LogP contribution in [-0.4, -0.2) is 25.2 Å². The van der Waals surface area contributed by atoms with Crippen LogP contribution in [-0.2, 0) is 0 Å². The van der Waals surface area contributed by atoms with E-state index in [1.807, 2.05) is 0 Å². The number of benzene rings is 1. The Hall–Kier alpha value is 0.420. The van der Waals surface area contributed by atoms with Crippen LogP contribution in [0.3, 0.4) is 0 Å². The van der Waals surface area contributed by atoms with Gasteiger partial charge in [-0.05, 0) is 50.4 Å². The van der Waals surface area contributed by atoms with Gasteiger partial charge in [0.1, 0.15) is 0 Å². The maximum Gasteiger partial charge on any atom is 0.0656 e. The minimum absolute atomic E-state index is 0.548. The second-order valence-corrected chi connectivity index (χ2v) is 7.60. The molecule has 2 rings (SSSR count). The normalized spacial score (nSPS) is 19.9. The molecule has 1 fully saturated rings. The Morgan fingerprint density at radius 3 is 2.39 bits per heavy atom. The molecule has 1 aromatic rings. The topological polar surface area (TPSA) is 15.3 Å². The molecular formula is C13H17Br3N2. The third kappa shape index (κ3) is 3.50. The number of nitrogens with zero attached hydrogens (tertiary/aromatic N) is 1. The van der Waals surface area contributed by atoms with Gasteiger partial charge in [0.05, 0.1) is 5.69 Å². The third-order valence-electron chi connectivity index (χ3n) is 3.06. The maximum absolute atomic E-state index is 3.66. The highest BCUT2D eigenvalue weighted by molar-refractivity contribution is 9.11. The van der Waals surface area contributed by atoms with Crippen LogP contribution in [0.1, 0.15) is 20.3 Å². The first kappa shape index (κ1) is 14.8. The molecule has 1 saturated heterocycles. The summed E-state index contributed by atoms with van der Waals surface area (Å²) in [5.74, 6) is 0. The van der Waals surface area contributed by atoms with Crippen LogP contribution >= 0.6 is 47.8 Å². The van der Waals surface area contributed by atoms with Gasteiger partial charge >= 0.3 is 0 Å². The van der Waals surface area contributed by atoms with Crippen molar-refractivity contribution in [2.24, 2.45) is 0 Å². The first-order chi connectivity index (χ1) is 8.47. The molecule has 0 spiro atoms. The Labute approximate surface area is 134 Å². The number of halogens is 3. The van der Waals surface area contributed by atoms with Gasteiger partial charge in [0.15, 0.2) is 0 Å². The molecule has 1 unspecified atom stereocenters. The Balaban J connectivity index is 2.14. The lowest BCUT2D eigenvalue weighted by atomic mass is 10.2. The number of hydrogen-bond acceptors (Lipinski definition) is 2. The molecule has 5 heteroatoms. The van der Waals surface area contributed by atoms with Gasteiger partial charge in [-0.1, -0.05) is 29.8 Å². The molecule has 0 amide bonds. The van der Waals surface area contributed by atoms with Crippen LogP contribution in [0.2, 0.25) is 0 Å². The summed E-state index contributed by atoms with van der Waals surface area (Å²) >= 11 is 10.8. The van der Waals surface area contributed by atoms with E-state index >= 15 is 0 Å². The summed E-state index contributed by atoms with van der Waals surface area (Å²) in [6.45, 7) is 6.57. The van der Waals surface area contributed by atoms with Crippen molar-refractivity contribution in [2.45, 2.75) is 32.4 Å². The highest BCUT2D eigenvalue weighted by Crippen LogP contribution is 2.38. The smallest absolute Gasteiger partial charge is 0.0656 e. The monoisotopic (exact) mass is 438 g/mol. The van der Waals surface area contributed by atoms with Crippen LogP contribution in [0.5, 0.6) is 0 Å². The highest BCUT2D eigenvalue weighted by atomic mass is 79.9. The number of anilines is 1. The Morgan fingerprint density at radius 1 is 1.22 bits per heavy atom. The van der Waals surface area contributed by atoms with E-state index in [4.69, 9.17) is 0 Å². The summed E-state index contributed by atoms with van der Waals surface area (Å²) < 4.78 is 3.35. The third-order valence-corrected chi connectivity index (χ3v) is 4.72. The van der Waals surface area contributed by atoms with E-state index in [2.05, 4.69) is 84.0 Å². The van der Waals surface area contributed by atoms with Crippen molar-refractivity contribution in [1.82, 2.24) is 5.32 Å². The van der Waals surface area contributed by atoms with Crippen LogP contribution in [0.4, 0.5) is 5.69 Å². The van der Waals surface area contributed by atoms with Gasteiger partial charge in [0.2, 0.25) is 0 Å². The van der Waals surface area contributed by atoms with Crippen LogP contribution in [0.15, 0.2) is 25.6 Å². The van der Waals surface area contributed by atoms with Gasteiger partial charge in [-0.25, -0.2) is 0 Å². The summed E-state index contributed by atoms with van der Waals surface area (Å²) in [5.41, 5.74) is 1.26. The van der Waals surface area contributed by atoms with Crippen molar-refractivity contribution in [2.75, 3.05) is 18.0 Å². The average molecular weight is 441 g/mol. The molecule has 1 atom stereocenters. The first-order valence-electron chi connectivity index (χ1n) is 6.13. The summed E-state index contributed by atoms with van der Waals surface area (Å²) in [5, 5.41) is 3.61. The van der Waals surface area contributed by atoms with Crippen molar-refractivity contribution in [3.05, 3.63) is 25.6 Å². The summed E-state index contributed by atoms with van der Waals surface area (Å²) in [6, 6.07) is 5.34. The number of nitrogens with one attached hydrogen (secondary N) is 1. The fourth-order valence-electron chi connectivity index (χ4n) is 2.41. The number of rotatable bonds is 3. The van der Waals surface area contributed by atoms with E-state index in [0.717, 1.165) is 26.5 Å². The van der Waals surface area contributed by atoms with Crippen molar-refractivity contribution in [1.29, 1.82) is 0 Å². The van der Waals surface area contributed by atoms with Crippen LogP contribution in [0, 0.1) is 0 Å². The van der Waals surface area contributed by atoms with Gasteiger partial charge in [-0.2, -0.15) is 0 Å². The zero-order chi connectivity index (χ0) is 13.3. The Bertz CT molecular complexity index is 411. The molecule has 1 aromatic carbocycles. The molecule has 1 aliphatic rings. The Morgan fingerprint density at radius 2 is 1.83 bits per heavy atom. The molecule has 2 nitrogen and oxygen atoms in total. The lowest BCUT2D eigenvalue weighted by molar-refractivity contribution is 0.492. The lowest BCUT2D eigenvalue weighted by Gasteiger charge is -2.23. The van der Waals surface area contributed by atoms with E-state index in [9.17, 15) is 0 Å². The minimum atomic E-state index is 0.548. The second kappa shape index (κ2) is 6.25. The summed E-state index contributed by atoms with van der Waals surface area (Å²) in [6.07, 6.45) is 1.20. The van der Waals surface area contributed by atoms with E-state index in [0.29, 0.717) is 12.1 Å². The van der Waals surface area contributed by atoms with E-state index in [-0.39, 0.29) is 0 Å². The largest absolute Gasteiger partial charge is 0.368 e. The highest BCUT2D eigenvalue weighted by Gasteiger charge is 2.25. The minimum Gasteiger partial charge on any atom is -0.368 e. The zero-order valence-electron chi connectivity index (χ0n) is 10.5. The molecule has 0 saturated carbocycles. The average Bonchev–Trinajstić information content (AvgIpc) is 2.63. The standard InChI is InChI=1S/C13H17Br3N2/c1-8(2)17-10-3-4-18(7-10)13-11(15)5-9(14)6-12(13)16/h5-6,8,10,17H,3-4,7H2,1-2H3. The van der Waals surface area contributed by atoms with Gasteiger partial charge in [0.25, 0.3) is 0 Å². The maximum atomic E-state index is 3.66. The van der Waals surface area contributed by atoms with Crippen molar-refractivity contribution < 1.29 is 0 Å². The quantitative estimate of drug-likeness (QED) is 0.741. The van der Waals surface area contributed by atoms with Gasteiger partial charge in [0, 0.05) is 38.6 Å². The van der Waals surface area contributed by atoms with Gasteiger partial charge in [-0.15, -0.1) is 0 Å². The predicted molar refractivity (Wildman–Crippen MR) is 88.4 cm³/mol. The van der Waals surface area contributed by atoms with Crippen LogP contribution in [0.25, 0.3) is 0 Å². The van der Waals surface area contributed by atoms with Crippen molar-refractivity contribution in [3.8, 4) is 0 Å². The van der Waals surface area contributed by atoms with Crippen LogP contribution < -0.4 is 10.2 Å². The molecule has 100 valence electrons. The number of hydrogen-bond donors (Lipinski definition) is 1. The lowest BCUT2D eigenvalue weighted by Crippen LogP contribution is -2.37. The van der Waals surface area contributed by atoms with Gasteiger partial charge < -0.3 is 10.2 Å². The molecule has 1 N–H and O–H groups in total. The molecule has 0 aromatic heterocycles. The zero-order valence-corrected chi connectivity index (χ0v) is 15.3. The fourth-order valence-corrected chi connectivity index (χ4v) is 5.17. The molecular weight excluding hydrogens is 424 g/mol. The van der Waals surface area contributed by atoms with E-state index in [1.54, 1.807) is 0 Å². The molecule has 1 heterocycles. The first-order valence-corrected chi connectivity index (χ1v) is 8.51. The molecule has 1 aliphatic heterocycles. The predicted octanol–water partition coefficient (Wildman–Crippen LogP) is 4.55. The SMILES string of the molecule is CC(C)NC1CCN(c2c(Br)cc(Br)cc2Br)C1. The molecule has 0 bridgehead atoms. The molecule has 18 heavy (non-hydrogen) atoms. The summed E-state index contributed by atoms with van der Waals surface area (Å²) in [7, 11) is 0. The van der Waals surface area contributed by atoms with E-state index in [1.165, 1.54) is 12.1 Å². The van der Waals surface area contributed by atoms with Gasteiger partial charge in [-0.3, -0.25) is 0 Å². The molecule has 0 radical (unpaired) electrons.